The second-order valence-corrected chi connectivity index (χ2v) is 10.3. The van der Waals surface area contributed by atoms with Gasteiger partial charge >= 0.3 is 0 Å². The van der Waals surface area contributed by atoms with E-state index in [4.69, 9.17) is 4.98 Å². The number of anilines is 1. The number of thiazole rings is 1. The fourth-order valence-corrected chi connectivity index (χ4v) is 5.78. The van der Waals surface area contributed by atoms with E-state index in [1.54, 1.807) is 35.6 Å². The molecule has 1 unspecified atom stereocenters. The summed E-state index contributed by atoms with van der Waals surface area (Å²) >= 11 is 1.62. The number of carbonyl (C=O) groups excluding carboxylic acids is 3. The van der Waals surface area contributed by atoms with E-state index in [0.29, 0.717) is 16.8 Å². The van der Waals surface area contributed by atoms with E-state index in [1.165, 1.54) is 5.56 Å². The molecule has 6 rings (SSSR count). The molecule has 0 radical (unpaired) electrons. The molecule has 0 saturated carbocycles. The Hall–Kier alpha value is -4.62. The number of nitrogens with one attached hydrogen (secondary N) is 1. The summed E-state index contributed by atoms with van der Waals surface area (Å²) in [5, 5.41) is 3.82. The van der Waals surface area contributed by atoms with Gasteiger partial charge in [-0.25, -0.2) is 4.98 Å². The lowest BCUT2D eigenvalue weighted by molar-refractivity contribution is -0.119. The summed E-state index contributed by atoms with van der Waals surface area (Å²) in [5.41, 5.74) is 5.16. The van der Waals surface area contributed by atoms with Crippen LogP contribution in [0.15, 0.2) is 97.1 Å². The maximum absolute atomic E-state index is 13.6. The predicted molar refractivity (Wildman–Crippen MR) is 149 cm³/mol. The van der Waals surface area contributed by atoms with E-state index < -0.39 is 23.8 Å². The van der Waals surface area contributed by atoms with Crippen molar-refractivity contribution in [2.24, 2.45) is 0 Å². The smallest absolute Gasteiger partial charge is 0.262 e. The summed E-state index contributed by atoms with van der Waals surface area (Å²) in [6.07, 6.45) is 0.210. The van der Waals surface area contributed by atoms with Gasteiger partial charge in [0.05, 0.1) is 21.3 Å². The lowest BCUT2D eigenvalue weighted by Gasteiger charge is -2.25. The van der Waals surface area contributed by atoms with Crippen LogP contribution in [0.4, 0.5) is 5.69 Å². The summed E-state index contributed by atoms with van der Waals surface area (Å²) in [6, 6.07) is 28.7. The summed E-state index contributed by atoms with van der Waals surface area (Å²) in [4.78, 5) is 45.8. The Balaban J connectivity index is 1.26. The molecule has 0 fully saturated rings. The van der Waals surface area contributed by atoms with Crippen molar-refractivity contribution in [1.82, 2.24) is 9.88 Å². The van der Waals surface area contributed by atoms with E-state index in [-0.39, 0.29) is 6.42 Å². The highest BCUT2D eigenvalue weighted by molar-refractivity contribution is 7.21. The van der Waals surface area contributed by atoms with Crippen LogP contribution in [-0.4, -0.2) is 33.6 Å². The molecule has 1 aliphatic rings. The third-order valence-electron chi connectivity index (χ3n) is 6.66. The highest BCUT2D eigenvalue weighted by atomic mass is 32.1. The molecule has 0 bridgehead atoms. The number of aromatic nitrogens is 1. The Labute approximate surface area is 223 Å². The van der Waals surface area contributed by atoms with Crippen molar-refractivity contribution in [1.29, 1.82) is 0 Å². The first kappa shape index (κ1) is 23.8. The summed E-state index contributed by atoms with van der Waals surface area (Å²) < 4.78 is 1.13. The van der Waals surface area contributed by atoms with Crippen LogP contribution < -0.4 is 5.32 Å². The molecule has 1 aliphatic heterocycles. The minimum atomic E-state index is -1.00. The first-order valence-electron chi connectivity index (χ1n) is 12.3. The molecular weight excluding hydrogens is 494 g/mol. The second kappa shape index (κ2) is 9.68. The van der Waals surface area contributed by atoms with Gasteiger partial charge in [-0.15, -0.1) is 11.3 Å². The Bertz CT molecular complexity index is 1660. The Morgan fingerprint density at radius 2 is 1.53 bits per heavy atom. The van der Waals surface area contributed by atoms with Crippen molar-refractivity contribution in [3.8, 4) is 10.6 Å². The number of benzene rings is 4. The van der Waals surface area contributed by atoms with Crippen LogP contribution in [0.3, 0.4) is 0 Å². The quantitative estimate of drug-likeness (QED) is 0.275. The van der Waals surface area contributed by atoms with E-state index in [9.17, 15) is 14.4 Å². The average Bonchev–Trinajstić information content (AvgIpc) is 3.46. The molecule has 38 heavy (non-hydrogen) atoms. The Kier molecular flexibility index (Phi) is 6.05. The molecule has 6 nitrogen and oxygen atoms in total. The van der Waals surface area contributed by atoms with E-state index >= 15 is 0 Å². The molecule has 5 aromatic rings. The van der Waals surface area contributed by atoms with E-state index in [2.05, 4.69) is 18.3 Å². The van der Waals surface area contributed by atoms with Gasteiger partial charge in [0.2, 0.25) is 5.91 Å². The molecule has 0 spiro atoms. The van der Waals surface area contributed by atoms with Gasteiger partial charge in [-0.1, -0.05) is 48.5 Å². The van der Waals surface area contributed by atoms with E-state index in [0.717, 1.165) is 31.3 Å². The fourth-order valence-electron chi connectivity index (χ4n) is 4.71. The van der Waals surface area contributed by atoms with Crippen molar-refractivity contribution in [2.45, 2.75) is 19.4 Å². The van der Waals surface area contributed by atoms with Gasteiger partial charge in [-0.2, -0.15) is 0 Å². The zero-order valence-corrected chi connectivity index (χ0v) is 21.4. The molecule has 7 heteroatoms. The van der Waals surface area contributed by atoms with Gasteiger partial charge in [0, 0.05) is 17.7 Å². The summed E-state index contributed by atoms with van der Waals surface area (Å²) in [6.45, 7) is 2.06. The minimum absolute atomic E-state index is 0.210. The van der Waals surface area contributed by atoms with Crippen molar-refractivity contribution in [3.63, 3.8) is 0 Å². The van der Waals surface area contributed by atoms with Crippen LogP contribution in [0, 0.1) is 6.92 Å². The second-order valence-electron chi connectivity index (χ2n) is 9.29. The lowest BCUT2D eigenvalue weighted by atomic mass is 10.0. The molecule has 0 saturated heterocycles. The first-order chi connectivity index (χ1) is 18.5. The zero-order chi connectivity index (χ0) is 26.2. The van der Waals surface area contributed by atoms with Crippen molar-refractivity contribution >= 4 is 45.0 Å². The third kappa shape index (κ3) is 4.37. The molecule has 186 valence electrons. The molecule has 4 aromatic carbocycles. The molecular formula is C31H23N3O3S. The van der Waals surface area contributed by atoms with Gasteiger partial charge in [-0.05, 0) is 66.6 Å². The molecule has 2 heterocycles. The predicted octanol–water partition coefficient (Wildman–Crippen LogP) is 6.12. The topological polar surface area (TPSA) is 79.4 Å². The van der Waals surface area contributed by atoms with Crippen molar-refractivity contribution in [3.05, 3.63) is 119 Å². The van der Waals surface area contributed by atoms with Gasteiger partial charge < -0.3 is 5.32 Å². The highest BCUT2D eigenvalue weighted by Crippen LogP contribution is 2.32. The number of aryl methyl sites for hydroxylation is 1. The standard InChI is InChI=1S/C31H23N3O3S/c1-19-11-16-25-27(17-19)38-29(33-25)21-12-14-22(15-13-21)32-28(35)26(18-20-7-3-2-4-8-20)34-30(36)23-9-5-6-10-24(23)31(34)37/h2-17,26H,18H2,1H3,(H,32,35). The first-order valence-corrected chi connectivity index (χ1v) is 13.1. The normalized spacial score (nSPS) is 13.6. The summed E-state index contributed by atoms with van der Waals surface area (Å²) in [5.74, 6) is -1.34. The van der Waals surface area contributed by atoms with Gasteiger partial charge in [0.1, 0.15) is 11.0 Å². The highest BCUT2D eigenvalue weighted by Gasteiger charge is 2.42. The molecule has 0 aliphatic carbocycles. The summed E-state index contributed by atoms with van der Waals surface area (Å²) in [7, 11) is 0. The number of nitrogens with zero attached hydrogens (tertiary/aromatic N) is 2. The number of amides is 3. The van der Waals surface area contributed by atoms with Crippen molar-refractivity contribution < 1.29 is 14.4 Å². The monoisotopic (exact) mass is 517 g/mol. The lowest BCUT2D eigenvalue weighted by Crippen LogP contribution is -2.48. The van der Waals surface area contributed by atoms with Gasteiger partial charge in [0.25, 0.3) is 11.8 Å². The Morgan fingerprint density at radius 3 is 2.21 bits per heavy atom. The SMILES string of the molecule is Cc1ccc2nc(-c3ccc(NC(=O)C(Cc4ccccc4)N4C(=O)c5ccccc5C4=O)cc3)sc2c1. The fraction of sp³-hybridized carbons (Fsp3) is 0.0968. The van der Waals surface area contributed by atoms with E-state index in [1.807, 2.05) is 66.7 Å². The zero-order valence-electron chi connectivity index (χ0n) is 20.5. The average molecular weight is 518 g/mol. The van der Waals surface area contributed by atoms with Crippen LogP contribution in [-0.2, 0) is 11.2 Å². The third-order valence-corrected chi connectivity index (χ3v) is 7.72. The van der Waals surface area contributed by atoms with Crippen LogP contribution in [0.5, 0.6) is 0 Å². The number of fused-ring (bicyclic) bond motifs is 2. The van der Waals surface area contributed by atoms with Crippen LogP contribution >= 0.6 is 11.3 Å². The number of imide groups is 1. The molecule has 3 amide bonds. The number of carbonyl (C=O) groups is 3. The maximum atomic E-state index is 13.6. The molecule has 1 N–H and O–H groups in total. The molecule has 1 atom stereocenters. The van der Waals surface area contributed by atoms with Gasteiger partial charge in [-0.3, -0.25) is 19.3 Å². The number of hydrogen-bond donors (Lipinski definition) is 1. The number of rotatable bonds is 6. The number of hydrogen-bond acceptors (Lipinski definition) is 5. The maximum Gasteiger partial charge on any atom is 0.262 e. The molecule has 1 aromatic heterocycles. The Morgan fingerprint density at radius 1 is 0.868 bits per heavy atom. The minimum Gasteiger partial charge on any atom is -0.324 e. The van der Waals surface area contributed by atoms with Gasteiger partial charge in [0.15, 0.2) is 0 Å². The van der Waals surface area contributed by atoms with Crippen molar-refractivity contribution in [2.75, 3.05) is 5.32 Å². The largest absolute Gasteiger partial charge is 0.324 e. The van der Waals surface area contributed by atoms with Crippen LogP contribution in [0.2, 0.25) is 0 Å². The van der Waals surface area contributed by atoms with Crippen LogP contribution in [0.25, 0.3) is 20.8 Å². The van der Waals surface area contributed by atoms with Crippen LogP contribution in [0.1, 0.15) is 31.8 Å².